The Balaban J connectivity index is 2.21. The molecule has 0 amide bonds. The SMILES string of the molecule is Nc1ccc(F)c(F)c1N1CCC(CO)CC1. The molecule has 1 aliphatic heterocycles. The van der Waals surface area contributed by atoms with Crippen molar-refractivity contribution in [1.29, 1.82) is 0 Å². The lowest BCUT2D eigenvalue weighted by molar-refractivity contribution is 0.202. The Bertz CT molecular complexity index is 404. The van der Waals surface area contributed by atoms with Crippen LogP contribution in [0, 0.1) is 17.6 Å². The largest absolute Gasteiger partial charge is 0.397 e. The van der Waals surface area contributed by atoms with E-state index in [2.05, 4.69) is 0 Å². The molecular weight excluding hydrogens is 226 g/mol. The summed E-state index contributed by atoms with van der Waals surface area (Å²) in [7, 11) is 0. The minimum Gasteiger partial charge on any atom is -0.397 e. The summed E-state index contributed by atoms with van der Waals surface area (Å²) in [5.74, 6) is -1.50. The number of nitrogen functional groups attached to an aromatic ring is 1. The molecule has 0 bridgehead atoms. The summed E-state index contributed by atoms with van der Waals surface area (Å²) in [6, 6.07) is 2.42. The predicted molar refractivity (Wildman–Crippen MR) is 62.8 cm³/mol. The Labute approximate surface area is 98.8 Å². The summed E-state index contributed by atoms with van der Waals surface area (Å²) in [6.07, 6.45) is 1.54. The minimum atomic E-state index is -0.882. The van der Waals surface area contributed by atoms with Gasteiger partial charge in [-0.05, 0) is 30.9 Å². The molecule has 0 aromatic heterocycles. The molecular formula is C12H16F2N2O. The zero-order chi connectivity index (χ0) is 12.4. The predicted octanol–water partition coefficient (Wildman–Crippen LogP) is 1.76. The fraction of sp³-hybridized carbons (Fsp3) is 0.500. The van der Waals surface area contributed by atoms with Crippen molar-refractivity contribution in [3.05, 3.63) is 23.8 Å². The van der Waals surface area contributed by atoms with Crippen LogP contribution in [0.15, 0.2) is 12.1 Å². The van der Waals surface area contributed by atoms with E-state index in [0.29, 0.717) is 13.1 Å². The molecule has 0 saturated carbocycles. The maximum atomic E-state index is 13.7. The molecule has 0 radical (unpaired) electrons. The average Bonchev–Trinajstić information content (AvgIpc) is 2.35. The number of hydrogen-bond acceptors (Lipinski definition) is 3. The Kier molecular flexibility index (Phi) is 3.47. The zero-order valence-electron chi connectivity index (χ0n) is 9.50. The third-order valence-corrected chi connectivity index (χ3v) is 3.29. The molecule has 1 aromatic carbocycles. The van der Waals surface area contributed by atoms with Gasteiger partial charge in [-0.25, -0.2) is 8.78 Å². The molecule has 0 atom stereocenters. The van der Waals surface area contributed by atoms with Crippen molar-refractivity contribution < 1.29 is 13.9 Å². The van der Waals surface area contributed by atoms with Gasteiger partial charge < -0.3 is 15.7 Å². The number of halogens is 2. The van der Waals surface area contributed by atoms with E-state index in [1.807, 2.05) is 0 Å². The quantitative estimate of drug-likeness (QED) is 0.777. The summed E-state index contributed by atoms with van der Waals surface area (Å²) in [6.45, 7) is 1.33. The molecule has 0 unspecified atom stereocenters. The van der Waals surface area contributed by atoms with Gasteiger partial charge in [-0.3, -0.25) is 0 Å². The van der Waals surface area contributed by atoms with E-state index >= 15 is 0 Å². The fourth-order valence-corrected chi connectivity index (χ4v) is 2.22. The maximum Gasteiger partial charge on any atom is 0.184 e. The number of benzene rings is 1. The molecule has 17 heavy (non-hydrogen) atoms. The standard InChI is InChI=1S/C12H16F2N2O/c13-9-1-2-10(15)12(11(9)14)16-5-3-8(7-17)4-6-16/h1-2,8,17H,3-7,15H2. The molecule has 94 valence electrons. The number of aliphatic hydroxyl groups is 1. The van der Waals surface area contributed by atoms with Crippen LogP contribution in [0.25, 0.3) is 0 Å². The molecule has 1 aromatic rings. The van der Waals surface area contributed by atoms with Gasteiger partial charge >= 0.3 is 0 Å². The van der Waals surface area contributed by atoms with Crippen molar-refractivity contribution in [2.24, 2.45) is 5.92 Å². The Morgan fingerprint density at radius 3 is 2.53 bits per heavy atom. The van der Waals surface area contributed by atoms with Crippen LogP contribution in [0.3, 0.4) is 0 Å². The number of rotatable bonds is 2. The Hall–Kier alpha value is -1.36. The molecule has 1 fully saturated rings. The third-order valence-electron chi connectivity index (χ3n) is 3.29. The van der Waals surface area contributed by atoms with Crippen molar-refractivity contribution in [2.45, 2.75) is 12.8 Å². The van der Waals surface area contributed by atoms with Gasteiger partial charge in [-0.1, -0.05) is 0 Å². The zero-order valence-corrected chi connectivity index (χ0v) is 9.50. The van der Waals surface area contributed by atoms with E-state index in [1.54, 1.807) is 4.90 Å². The first-order valence-corrected chi connectivity index (χ1v) is 5.72. The van der Waals surface area contributed by atoms with Crippen LogP contribution in [0.2, 0.25) is 0 Å². The number of hydrogen-bond donors (Lipinski definition) is 2. The number of nitrogens with zero attached hydrogens (tertiary/aromatic N) is 1. The van der Waals surface area contributed by atoms with Gasteiger partial charge in [0.05, 0.1) is 11.4 Å². The Morgan fingerprint density at radius 2 is 1.94 bits per heavy atom. The highest BCUT2D eigenvalue weighted by molar-refractivity contribution is 5.68. The fourth-order valence-electron chi connectivity index (χ4n) is 2.22. The minimum absolute atomic E-state index is 0.148. The average molecular weight is 242 g/mol. The van der Waals surface area contributed by atoms with Gasteiger partial charge in [-0.2, -0.15) is 0 Å². The molecule has 1 saturated heterocycles. The normalized spacial score (nSPS) is 17.5. The van der Waals surface area contributed by atoms with E-state index in [1.165, 1.54) is 6.07 Å². The van der Waals surface area contributed by atoms with Crippen molar-refractivity contribution in [3.63, 3.8) is 0 Å². The highest BCUT2D eigenvalue weighted by Crippen LogP contribution is 2.31. The van der Waals surface area contributed by atoms with Gasteiger partial charge in [0, 0.05) is 19.7 Å². The summed E-state index contributed by atoms with van der Waals surface area (Å²) in [4.78, 5) is 1.75. The van der Waals surface area contributed by atoms with Crippen LogP contribution in [0.4, 0.5) is 20.2 Å². The first-order chi connectivity index (χ1) is 8.13. The lowest BCUT2D eigenvalue weighted by Crippen LogP contribution is -2.35. The highest BCUT2D eigenvalue weighted by Gasteiger charge is 2.23. The first kappa shape index (κ1) is 12.1. The van der Waals surface area contributed by atoms with Crippen molar-refractivity contribution in [1.82, 2.24) is 0 Å². The van der Waals surface area contributed by atoms with Crippen LogP contribution in [-0.2, 0) is 0 Å². The topological polar surface area (TPSA) is 49.5 Å². The summed E-state index contributed by atoms with van der Waals surface area (Å²) >= 11 is 0. The first-order valence-electron chi connectivity index (χ1n) is 5.72. The van der Waals surface area contributed by atoms with E-state index in [-0.39, 0.29) is 23.9 Å². The van der Waals surface area contributed by atoms with Crippen LogP contribution < -0.4 is 10.6 Å². The van der Waals surface area contributed by atoms with E-state index < -0.39 is 11.6 Å². The summed E-state index contributed by atoms with van der Waals surface area (Å²) in [5, 5.41) is 9.02. The molecule has 1 aliphatic rings. The second-order valence-corrected chi connectivity index (χ2v) is 4.41. The molecule has 5 heteroatoms. The van der Waals surface area contributed by atoms with Gasteiger partial charge in [0.1, 0.15) is 0 Å². The lowest BCUT2D eigenvalue weighted by Gasteiger charge is -2.33. The monoisotopic (exact) mass is 242 g/mol. The van der Waals surface area contributed by atoms with Gasteiger partial charge in [0.15, 0.2) is 11.6 Å². The number of anilines is 2. The van der Waals surface area contributed by atoms with Crippen molar-refractivity contribution >= 4 is 11.4 Å². The molecule has 3 N–H and O–H groups in total. The smallest absolute Gasteiger partial charge is 0.184 e. The van der Waals surface area contributed by atoms with Crippen molar-refractivity contribution in [3.8, 4) is 0 Å². The van der Waals surface area contributed by atoms with E-state index in [4.69, 9.17) is 10.8 Å². The molecule has 2 rings (SSSR count). The van der Waals surface area contributed by atoms with Gasteiger partial charge in [-0.15, -0.1) is 0 Å². The molecule has 1 heterocycles. The van der Waals surface area contributed by atoms with E-state index in [0.717, 1.165) is 18.9 Å². The third kappa shape index (κ3) is 2.34. The highest BCUT2D eigenvalue weighted by atomic mass is 19.2. The Morgan fingerprint density at radius 1 is 1.29 bits per heavy atom. The lowest BCUT2D eigenvalue weighted by atomic mass is 9.97. The van der Waals surface area contributed by atoms with Gasteiger partial charge in [0.25, 0.3) is 0 Å². The summed E-state index contributed by atoms with van der Waals surface area (Å²) < 4.78 is 26.8. The van der Waals surface area contributed by atoms with Gasteiger partial charge in [0.2, 0.25) is 0 Å². The van der Waals surface area contributed by atoms with Crippen LogP contribution in [0.1, 0.15) is 12.8 Å². The second-order valence-electron chi connectivity index (χ2n) is 4.41. The van der Waals surface area contributed by atoms with Crippen LogP contribution >= 0.6 is 0 Å². The van der Waals surface area contributed by atoms with Crippen molar-refractivity contribution in [2.75, 3.05) is 30.3 Å². The second kappa shape index (κ2) is 4.87. The number of piperidine rings is 1. The molecule has 0 spiro atoms. The number of nitrogens with two attached hydrogens (primary N) is 1. The van der Waals surface area contributed by atoms with E-state index in [9.17, 15) is 8.78 Å². The maximum absolute atomic E-state index is 13.7. The van der Waals surface area contributed by atoms with Crippen LogP contribution in [0.5, 0.6) is 0 Å². The molecule has 0 aliphatic carbocycles. The molecule has 3 nitrogen and oxygen atoms in total. The van der Waals surface area contributed by atoms with Crippen LogP contribution in [-0.4, -0.2) is 24.8 Å². The summed E-state index contributed by atoms with van der Waals surface area (Å²) in [5.41, 5.74) is 6.10. The number of aliphatic hydroxyl groups excluding tert-OH is 1.